The summed E-state index contributed by atoms with van der Waals surface area (Å²) in [6.45, 7) is 12.1. The van der Waals surface area contributed by atoms with Gasteiger partial charge in [0.1, 0.15) is 48.3 Å². The van der Waals surface area contributed by atoms with Crippen LogP contribution < -0.4 is 5.32 Å². The van der Waals surface area contributed by atoms with E-state index in [9.17, 15) is 19.5 Å². The number of likely N-dealkylation sites (N-methyl/N-ethyl adjacent to an activating group) is 1. The first-order valence-electron chi connectivity index (χ1n) is 23.7. The maximum absolute atomic E-state index is 15.5. The van der Waals surface area contributed by atoms with Crippen LogP contribution in [0.4, 0.5) is 0 Å². The number of benzene rings is 2. The monoisotopic (exact) mass is 897 g/mol. The predicted molar refractivity (Wildman–Crippen MR) is 238 cm³/mol. The Morgan fingerprint density at radius 1 is 1.00 bits per heavy atom. The van der Waals surface area contributed by atoms with Crippen molar-refractivity contribution in [3.63, 3.8) is 0 Å². The zero-order valence-electron chi connectivity index (χ0n) is 39.0. The molecule has 0 aromatic heterocycles. The Labute approximate surface area is 382 Å². The third-order valence-corrected chi connectivity index (χ3v) is 15.6. The van der Waals surface area contributed by atoms with Gasteiger partial charge in [-0.1, -0.05) is 80.1 Å². The third-order valence-electron chi connectivity index (χ3n) is 15.6. The molecule has 1 unspecified atom stereocenters. The summed E-state index contributed by atoms with van der Waals surface area (Å²) in [5.41, 5.74) is 2.48. The molecule has 12 atom stereocenters. The molecule has 65 heavy (non-hydrogen) atoms. The molecule has 9 rings (SSSR count). The molecular formula is C51H67N3O11. The molecule has 4 heterocycles. The Hall–Kier alpha value is -4.18. The van der Waals surface area contributed by atoms with Gasteiger partial charge in [0.05, 0.1) is 30.9 Å². The number of aliphatic hydroxyl groups is 1. The number of nitrogens with one attached hydrogen (secondary N) is 1. The van der Waals surface area contributed by atoms with Crippen LogP contribution in [0.5, 0.6) is 0 Å². The van der Waals surface area contributed by atoms with Crippen LogP contribution in [0, 0.1) is 22.7 Å². The fraction of sp³-hybridized carbons (Fsp3) is 0.647. The van der Waals surface area contributed by atoms with Crippen molar-refractivity contribution >= 4 is 29.8 Å². The number of allylic oxidation sites excluding steroid dienone is 1. The van der Waals surface area contributed by atoms with E-state index in [2.05, 4.69) is 44.3 Å². The third kappa shape index (κ3) is 8.91. The zero-order chi connectivity index (χ0) is 46.1. The van der Waals surface area contributed by atoms with Gasteiger partial charge in [-0.3, -0.25) is 24.0 Å². The van der Waals surface area contributed by atoms with Crippen molar-refractivity contribution in [1.82, 2.24) is 15.3 Å². The Kier molecular flexibility index (Phi) is 12.4. The van der Waals surface area contributed by atoms with Gasteiger partial charge in [-0.2, -0.15) is 5.06 Å². The minimum Gasteiger partial charge on any atom is -0.460 e. The normalized spacial score (nSPS) is 34.8. The van der Waals surface area contributed by atoms with Crippen molar-refractivity contribution in [1.29, 1.82) is 0 Å². The quantitative estimate of drug-likeness (QED) is 0.187. The van der Waals surface area contributed by atoms with E-state index in [1.807, 2.05) is 42.5 Å². The minimum absolute atomic E-state index is 0.0235. The summed E-state index contributed by atoms with van der Waals surface area (Å²) in [6.07, 6.45) is 5.62. The molecule has 2 N–H and O–H groups in total. The lowest BCUT2D eigenvalue weighted by Gasteiger charge is -2.53. The summed E-state index contributed by atoms with van der Waals surface area (Å²) in [6, 6.07) is 14.7. The SMILES string of the molecule is CN(C(=O)[C@@]12C[C@H]3OC(=O)[C@@H]1N(Cc1ccc(C=C4CCC5O[C@]5(C)CC[C@@H]5[C@@H]4CC5(C)C)cc1)O[C@@H]2[C@H]1OCO[C@H]13)[C@H](Cc1ccccc1)C(=O)N[C@H](CO)CCC(=O)OC(C)(C)C. The number of fused-ring (bicyclic) bond motifs is 6. The van der Waals surface area contributed by atoms with Crippen LogP contribution >= 0.6 is 0 Å². The largest absolute Gasteiger partial charge is 0.460 e. The number of esters is 2. The molecule has 2 bridgehead atoms. The number of hydroxylamine groups is 2. The number of amides is 2. The summed E-state index contributed by atoms with van der Waals surface area (Å²) < 4.78 is 29.8. The van der Waals surface area contributed by atoms with E-state index in [1.54, 1.807) is 32.9 Å². The van der Waals surface area contributed by atoms with Gasteiger partial charge in [-0.15, -0.1) is 0 Å². The number of nitrogens with zero attached hydrogens (tertiary/aromatic N) is 2. The second-order valence-corrected chi connectivity index (χ2v) is 21.6. The highest BCUT2D eigenvalue weighted by molar-refractivity contribution is 5.96. The Balaban J connectivity index is 0.965. The molecule has 7 aliphatic rings. The van der Waals surface area contributed by atoms with Crippen LogP contribution in [0.3, 0.4) is 0 Å². The van der Waals surface area contributed by atoms with E-state index in [0.717, 1.165) is 36.0 Å². The lowest BCUT2D eigenvalue weighted by atomic mass is 9.52. The highest BCUT2D eigenvalue weighted by Gasteiger charge is 2.75. The number of hydrogen-bond acceptors (Lipinski definition) is 12. The number of aliphatic hydroxyl groups excluding tert-OH is 1. The topological polar surface area (TPSA) is 166 Å². The first-order chi connectivity index (χ1) is 30.9. The van der Waals surface area contributed by atoms with Crippen molar-refractivity contribution in [2.75, 3.05) is 20.4 Å². The first-order valence-corrected chi connectivity index (χ1v) is 23.7. The highest BCUT2D eigenvalue weighted by atomic mass is 16.8. The molecule has 0 spiro atoms. The summed E-state index contributed by atoms with van der Waals surface area (Å²) >= 11 is 0. The van der Waals surface area contributed by atoms with Gasteiger partial charge in [0, 0.05) is 26.3 Å². The van der Waals surface area contributed by atoms with Crippen LogP contribution in [-0.4, -0.2) is 119 Å². The first kappa shape index (κ1) is 46.0. The second kappa shape index (κ2) is 17.5. The number of epoxide rings is 1. The van der Waals surface area contributed by atoms with E-state index in [4.69, 9.17) is 28.5 Å². The molecule has 2 aromatic carbocycles. The lowest BCUT2D eigenvalue weighted by Crippen LogP contribution is -2.70. The average Bonchev–Trinajstić information content (AvgIpc) is 3.53. The van der Waals surface area contributed by atoms with E-state index in [0.29, 0.717) is 23.4 Å². The van der Waals surface area contributed by atoms with Crippen LogP contribution in [0.15, 0.2) is 60.2 Å². The van der Waals surface area contributed by atoms with Gasteiger partial charge in [0.25, 0.3) is 0 Å². The standard InChI is InChI=1S/C51H67N3O11/c1-48(2,3)64-40(56)20-18-34(28-55)52-45(57)37(24-30-11-9-8-10-12-30)53(7)47(59)51-26-38-41-42(61-29-60-41)44(51)65-54(43(51)46(58)62-38)27-32-15-13-31(14-16-32)23-33-17-19-39-50(6,63-39)22-21-36-35(33)25-49(36,4)5/h8-16,23,34-39,41-44,55H,17-22,24-29H2,1-7H3,(H,52,57)/t34-,35+,36+,37+,38+,39?,41-,42-,43-,44+,50+,51-/m0/s1. The van der Waals surface area contributed by atoms with E-state index in [-0.39, 0.29) is 44.6 Å². The molecule has 14 nitrogen and oxygen atoms in total. The number of carbonyl (C=O) groups excluding carboxylic acids is 4. The summed E-state index contributed by atoms with van der Waals surface area (Å²) in [4.78, 5) is 64.9. The van der Waals surface area contributed by atoms with Gasteiger partial charge in [-0.25, -0.2) is 0 Å². The van der Waals surface area contributed by atoms with E-state index < -0.39 is 83.9 Å². The average molecular weight is 898 g/mol. The van der Waals surface area contributed by atoms with Crippen LogP contribution in [0.2, 0.25) is 0 Å². The van der Waals surface area contributed by atoms with Crippen molar-refractivity contribution in [3.05, 3.63) is 76.9 Å². The van der Waals surface area contributed by atoms with Crippen LogP contribution in [-0.2, 0) is 60.7 Å². The molecule has 2 aromatic rings. The van der Waals surface area contributed by atoms with E-state index >= 15 is 4.79 Å². The molecule has 3 aliphatic carbocycles. The zero-order valence-corrected chi connectivity index (χ0v) is 39.0. The molecule has 4 saturated heterocycles. The molecule has 352 valence electrons. The van der Waals surface area contributed by atoms with Crippen molar-refractivity contribution < 1.29 is 52.8 Å². The van der Waals surface area contributed by atoms with Gasteiger partial charge < -0.3 is 39.0 Å². The van der Waals surface area contributed by atoms with Gasteiger partial charge in [0.15, 0.2) is 6.04 Å². The Morgan fingerprint density at radius 2 is 1.74 bits per heavy atom. The van der Waals surface area contributed by atoms with Gasteiger partial charge >= 0.3 is 11.9 Å². The summed E-state index contributed by atoms with van der Waals surface area (Å²) in [5, 5.41) is 14.8. The number of rotatable bonds is 13. The molecule has 14 heteroatoms. The second-order valence-electron chi connectivity index (χ2n) is 21.6. The molecule has 0 radical (unpaired) electrons. The van der Waals surface area contributed by atoms with Crippen molar-refractivity contribution in [2.45, 2.75) is 166 Å². The minimum atomic E-state index is -1.48. The Morgan fingerprint density at radius 3 is 2.45 bits per heavy atom. The molecule has 2 amide bonds. The predicted octanol–water partition coefficient (Wildman–Crippen LogP) is 5.67. The number of hydrogen-bond donors (Lipinski definition) is 2. The van der Waals surface area contributed by atoms with E-state index in [1.165, 1.54) is 23.3 Å². The molecule has 3 saturated carbocycles. The maximum Gasteiger partial charge on any atom is 0.327 e. The van der Waals surface area contributed by atoms with Crippen LogP contribution in [0.25, 0.3) is 6.08 Å². The fourth-order valence-electron chi connectivity index (χ4n) is 12.0. The van der Waals surface area contributed by atoms with Gasteiger partial charge in [0.2, 0.25) is 11.8 Å². The van der Waals surface area contributed by atoms with Crippen LogP contribution in [0.1, 0.15) is 110 Å². The molecular weight excluding hydrogens is 831 g/mol. The summed E-state index contributed by atoms with van der Waals surface area (Å²) in [5.74, 6) is -0.804. The number of ether oxygens (including phenoxy) is 5. The Bertz CT molecular complexity index is 2160. The lowest BCUT2D eigenvalue weighted by molar-refractivity contribution is -0.204. The number of carbonyl (C=O) groups is 4. The highest BCUT2D eigenvalue weighted by Crippen LogP contribution is 2.60. The molecule has 4 aliphatic heterocycles. The smallest absolute Gasteiger partial charge is 0.327 e. The van der Waals surface area contributed by atoms with Crippen molar-refractivity contribution in [2.24, 2.45) is 22.7 Å². The van der Waals surface area contributed by atoms with Gasteiger partial charge in [-0.05, 0) is 100 Å². The van der Waals surface area contributed by atoms with Crippen molar-refractivity contribution in [3.8, 4) is 0 Å². The fourth-order valence-corrected chi connectivity index (χ4v) is 12.0. The summed E-state index contributed by atoms with van der Waals surface area (Å²) in [7, 11) is 1.57. The molecule has 7 fully saturated rings. The maximum atomic E-state index is 15.5.